The number of hydrogen-bond acceptors (Lipinski definition) is 3. The van der Waals surface area contributed by atoms with Crippen LogP contribution in [0.5, 0.6) is 0 Å². The Morgan fingerprint density at radius 2 is 1.52 bits per heavy atom. The topological polar surface area (TPSA) is 46.5 Å². The molecule has 3 atom stereocenters. The minimum atomic E-state index is -0.878. The van der Waals surface area contributed by atoms with Crippen molar-refractivity contribution in [3.63, 3.8) is 0 Å². The third-order valence-corrected chi connectivity index (χ3v) is 6.27. The molecule has 0 aromatic heterocycles. The molecule has 0 aliphatic carbocycles. The zero-order valence-corrected chi connectivity index (χ0v) is 16.9. The van der Waals surface area contributed by atoms with E-state index in [0.717, 1.165) is 5.56 Å². The van der Waals surface area contributed by atoms with E-state index in [-0.39, 0.29) is 25.7 Å². The van der Waals surface area contributed by atoms with E-state index >= 15 is 0 Å². The van der Waals surface area contributed by atoms with Gasteiger partial charge in [-0.2, -0.15) is 0 Å². The number of aliphatic hydroxyl groups is 1. The Balaban J connectivity index is 2.26. The second-order valence-electron chi connectivity index (χ2n) is 7.05. The minimum absolute atomic E-state index is 0.0000406. The predicted octanol–water partition coefficient (Wildman–Crippen LogP) is 3.52. The van der Waals surface area contributed by atoms with Gasteiger partial charge in [-0.25, -0.2) is 0 Å². The van der Waals surface area contributed by atoms with Gasteiger partial charge >= 0.3 is 156 Å². The zero-order chi connectivity index (χ0) is 18.4. The maximum absolute atomic E-state index is 12.8. The molecule has 2 aromatic carbocycles. The molecule has 3 nitrogen and oxygen atoms in total. The maximum atomic E-state index is 12.8. The molecule has 0 aliphatic heterocycles. The van der Waals surface area contributed by atoms with Gasteiger partial charge in [0.25, 0.3) is 0 Å². The SMILES string of the molecule is C[C@H]([Se]c1ccccc1)[C@@H](C(=O)OC(C)(C)C)[C@@H](O)c1ccccc1. The van der Waals surface area contributed by atoms with Crippen molar-refractivity contribution in [2.24, 2.45) is 5.92 Å². The quantitative estimate of drug-likeness (QED) is 0.591. The number of benzene rings is 2. The van der Waals surface area contributed by atoms with Crippen LogP contribution in [-0.2, 0) is 9.53 Å². The number of carbonyl (C=O) groups is 1. The molecule has 2 aromatic rings. The van der Waals surface area contributed by atoms with Gasteiger partial charge in [-0.1, -0.05) is 0 Å². The fourth-order valence-corrected chi connectivity index (χ4v) is 5.00. The van der Waals surface area contributed by atoms with E-state index in [1.54, 1.807) is 0 Å². The van der Waals surface area contributed by atoms with Crippen molar-refractivity contribution >= 4 is 25.4 Å². The van der Waals surface area contributed by atoms with Crippen molar-refractivity contribution in [1.29, 1.82) is 0 Å². The number of ether oxygens (including phenoxy) is 1. The van der Waals surface area contributed by atoms with Crippen molar-refractivity contribution < 1.29 is 14.6 Å². The Bertz CT molecular complexity index is 665. The summed E-state index contributed by atoms with van der Waals surface area (Å²) in [5.74, 6) is -0.934. The molecule has 0 heterocycles. The van der Waals surface area contributed by atoms with Crippen molar-refractivity contribution in [2.45, 2.75) is 44.2 Å². The monoisotopic (exact) mass is 406 g/mol. The van der Waals surface area contributed by atoms with Gasteiger partial charge in [0.2, 0.25) is 0 Å². The summed E-state index contributed by atoms with van der Waals surface area (Å²) in [6.07, 6.45) is -0.878. The van der Waals surface area contributed by atoms with Crippen molar-refractivity contribution in [2.75, 3.05) is 0 Å². The molecule has 134 valence electrons. The predicted molar refractivity (Wildman–Crippen MR) is 102 cm³/mol. The third-order valence-electron chi connectivity index (χ3n) is 3.73. The Morgan fingerprint density at radius 3 is 2.04 bits per heavy atom. The average molecular weight is 405 g/mol. The van der Waals surface area contributed by atoms with Gasteiger partial charge in [-0.05, 0) is 0 Å². The molecular formula is C21H26O3Se. The molecule has 2 rings (SSSR count). The molecule has 0 saturated heterocycles. The summed E-state index contributed by atoms with van der Waals surface area (Å²) in [7, 11) is 0. The molecule has 0 spiro atoms. The molecule has 0 amide bonds. The molecule has 1 N–H and O–H groups in total. The Hall–Kier alpha value is -1.61. The van der Waals surface area contributed by atoms with Crippen LogP contribution in [0.2, 0.25) is 4.82 Å². The second kappa shape index (κ2) is 8.66. The summed E-state index contributed by atoms with van der Waals surface area (Å²) in [6.45, 7) is 7.57. The van der Waals surface area contributed by atoms with Crippen LogP contribution < -0.4 is 4.46 Å². The van der Waals surface area contributed by atoms with Gasteiger partial charge in [-0.15, -0.1) is 0 Å². The van der Waals surface area contributed by atoms with Crippen LogP contribution in [0.3, 0.4) is 0 Å². The van der Waals surface area contributed by atoms with Gasteiger partial charge < -0.3 is 0 Å². The van der Waals surface area contributed by atoms with Crippen molar-refractivity contribution in [3.8, 4) is 0 Å². The average Bonchev–Trinajstić information content (AvgIpc) is 2.55. The first-order valence-electron chi connectivity index (χ1n) is 8.45. The normalized spacial score (nSPS) is 15.2. The molecule has 25 heavy (non-hydrogen) atoms. The number of rotatable bonds is 6. The molecule has 4 heteroatoms. The van der Waals surface area contributed by atoms with Crippen LogP contribution in [0.25, 0.3) is 0 Å². The Kier molecular flexibility index (Phi) is 6.83. The van der Waals surface area contributed by atoms with E-state index < -0.39 is 17.6 Å². The van der Waals surface area contributed by atoms with Gasteiger partial charge in [0, 0.05) is 0 Å². The Labute approximate surface area is 156 Å². The standard InChI is InChI=1S/C21H26O3Se/c1-15(25-17-13-9-6-10-14-17)18(20(23)24-21(2,3)4)19(22)16-11-7-5-8-12-16/h5-15,18-19,22H,1-4H3/t15-,18+,19-/m0/s1. The summed E-state index contributed by atoms with van der Waals surface area (Å²) in [5.41, 5.74) is 0.166. The summed E-state index contributed by atoms with van der Waals surface area (Å²) < 4.78 is 6.82. The Morgan fingerprint density at radius 1 is 1.00 bits per heavy atom. The van der Waals surface area contributed by atoms with Gasteiger partial charge in [-0.3, -0.25) is 0 Å². The first kappa shape index (κ1) is 19.7. The van der Waals surface area contributed by atoms with Crippen molar-refractivity contribution in [1.82, 2.24) is 0 Å². The number of carbonyl (C=O) groups excluding carboxylic acids is 1. The van der Waals surface area contributed by atoms with Crippen LogP contribution >= 0.6 is 0 Å². The van der Waals surface area contributed by atoms with Crippen LogP contribution in [-0.4, -0.2) is 31.6 Å². The molecule has 0 saturated carbocycles. The first-order chi connectivity index (χ1) is 11.8. The van der Waals surface area contributed by atoms with E-state index in [1.807, 2.05) is 76.2 Å². The molecule has 0 aliphatic rings. The van der Waals surface area contributed by atoms with E-state index in [9.17, 15) is 9.90 Å². The number of esters is 1. The van der Waals surface area contributed by atoms with Gasteiger partial charge in [0.05, 0.1) is 0 Å². The molecule has 0 fully saturated rings. The zero-order valence-electron chi connectivity index (χ0n) is 15.2. The molecular weight excluding hydrogens is 379 g/mol. The third kappa shape index (κ3) is 6.00. The van der Waals surface area contributed by atoms with Crippen LogP contribution in [0.1, 0.15) is 39.4 Å². The summed E-state index contributed by atoms with van der Waals surface area (Å²) in [6, 6.07) is 19.5. The van der Waals surface area contributed by atoms with Crippen LogP contribution in [0, 0.1) is 5.92 Å². The van der Waals surface area contributed by atoms with Crippen LogP contribution in [0.4, 0.5) is 0 Å². The van der Waals surface area contributed by atoms with Crippen LogP contribution in [0.15, 0.2) is 60.7 Å². The summed E-state index contributed by atoms with van der Waals surface area (Å²) >= 11 is 0.0542. The van der Waals surface area contributed by atoms with Gasteiger partial charge in [0.15, 0.2) is 0 Å². The second-order valence-corrected chi connectivity index (χ2v) is 10.1. The van der Waals surface area contributed by atoms with Crippen molar-refractivity contribution in [3.05, 3.63) is 66.2 Å². The summed E-state index contributed by atoms with van der Waals surface area (Å²) in [5, 5.41) is 10.9. The van der Waals surface area contributed by atoms with E-state index in [1.165, 1.54) is 4.46 Å². The summed E-state index contributed by atoms with van der Waals surface area (Å²) in [4.78, 5) is 12.8. The number of aliphatic hydroxyl groups excluding tert-OH is 1. The molecule has 0 radical (unpaired) electrons. The fraction of sp³-hybridized carbons (Fsp3) is 0.381. The van der Waals surface area contributed by atoms with E-state index in [4.69, 9.17) is 4.74 Å². The number of hydrogen-bond donors (Lipinski definition) is 1. The van der Waals surface area contributed by atoms with Gasteiger partial charge in [0.1, 0.15) is 0 Å². The van der Waals surface area contributed by atoms with E-state index in [2.05, 4.69) is 12.1 Å². The fourth-order valence-electron chi connectivity index (χ4n) is 2.59. The van der Waals surface area contributed by atoms with E-state index in [0.29, 0.717) is 0 Å². The first-order valence-corrected chi connectivity index (χ1v) is 10.3. The molecule has 0 bridgehead atoms. The molecule has 0 unspecified atom stereocenters.